The predicted molar refractivity (Wildman–Crippen MR) is 126 cm³/mol. The van der Waals surface area contributed by atoms with Gasteiger partial charge in [0.15, 0.2) is 0 Å². The first-order chi connectivity index (χ1) is 15.7. The van der Waals surface area contributed by atoms with Crippen molar-refractivity contribution >= 4 is 33.4 Å². The summed E-state index contributed by atoms with van der Waals surface area (Å²) in [6.07, 6.45) is 6.13. The second-order valence-electron chi connectivity index (χ2n) is 8.33. The minimum absolute atomic E-state index is 0.140. The Labute approximate surface area is 199 Å². The zero-order chi connectivity index (χ0) is 23.8. The Morgan fingerprint density at radius 1 is 1.12 bits per heavy atom. The van der Waals surface area contributed by atoms with E-state index in [1.165, 1.54) is 12.1 Å². The molecule has 178 valence electrons. The number of carbonyl (C=O) groups is 2. The average Bonchev–Trinajstić information content (AvgIpc) is 2.82. The number of amides is 2. The normalized spacial score (nSPS) is 19.5. The van der Waals surface area contributed by atoms with Crippen LogP contribution in [-0.4, -0.2) is 37.8 Å². The fourth-order valence-electron chi connectivity index (χ4n) is 3.80. The number of halogens is 1. The van der Waals surface area contributed by atoms with E-state index in [-0.39, 0.29) is 28.5 Å². The number of hydrogen-bond acceptors (Lipinski definition) is 5. The molecule has 1 fully saturated rings. The summed E-state index contributed by atoms with van der Waals surface area (Å²) in [5.41, 5.74) is 0.884. The Balaban J connectivity index is 1.39. The SMILES string of the molecule is C[C@H](NC(=O)C1CCC(CNS(=O)(=O)c2ccc(Cl)cc2)CC1)C(=O)NCc1cccnc1. The molecule has 3 N–H and O–H groups in total. The fourth-order valence-corrected chi connectivity index (χ4v) is 5.04. The average molecular weight is 493 g/mol. The van der Waals surface area contributed by atoms with Crippen molar-refractivity contribution < 1.29 is 18.0 Å². The first-order valence-electron chi connectivity index (χ1n) is 11.0. The number of pyridine rings is 1. The molecule has 3 rings (SSSR count). The Morgan fingerprint density at radius 2 is 1.82 bits per heavy atom. The minimum atomic E-state index is -3.59. The van der Waals surface area contributed by atoms with Gasteiger partial charge in [0, 0.05) is 36.4 Å². The summed E-state index contributed by atoms with van der Waals surface area (Å²) in [4.78, 5) is 29.1. The van der Waals surface area contributed by atoms with Gasteiger partial charge in [-0.05, 0) is 74.4 Å². The summed E-state index contributed by atoms with van der Waals surface area (Å²) < 4.78 is 27.5. The van der Waals surface area contributed by atoms with E-state index < -0.39 is 16.1 Å². The van der Waals surface area contributed by atoms with Crippen LogP contribution in [0.3, 0.4) is 0 Å². The van der Waals surface area contributed by atoms with Gasteiger partial charge in [-0.15, -0.1) is 0 Å². The molecule has 10 heteroatoms. The molecule has 2 amide bonds. The summed E-state index contributed by atoms with van der Waals surface area (Å²) in [6, 6.07) is 9.05. The molecule has 1 heterocycles. The van der Waals surface area contributed by atoms with Gasteiger partial charge < -0.3 is 10.6 Å². The van der Waals surface area contributed by atoms with Gasteiger partial charge in [-0.2, -0.15) is 0 Å². The van der Waals surface area contributed by atoms with E-state index in [1.54, 1.807) is 37.5 Å². The van der Waals surface area contributed by atoms with Crippen molar-refractivity contribution in [3.8, 4) is 0 Å². The summed E-state index contributed by atoms with van der Waals surface area (Å²) in [6.45, 7) is 2.34. The predicted octanol–water partition coefficient (Wildman–Crippen LogP) is 2.64. The highest BCUT2D eigenvalue weighted by atomic mass is 35.5. The molecule has 33 heavy (non-hydrogen) atoms. The van der Waals surface area contributed by atoms with Crippen LogP contribution in [0.4, 0.5) is 0 Å². The van der Waals surface area contributed by atoms with Gasteiger partial charge in [-0.25, -0.2) is 13.1 Å². The largest absolute Gasteiger partial charge is 0.350 e. The number of nitrogens with one attached hydrogen (secondary N) is 3. The molecule has 0 unspecified atom stereocenters. The van der Waals surface area contributed by atoms with Crippen LogP contribution in [-0.2, 0) is 26.2 Å². The molecule has 1 aromatic heterocycles. The second kappa shape index (κ2) is 11.6. The number of nitrogens with zero attached hydrogens (tertiary/aromatic N) is 1. The number of aromatic nitrogens is 1. The molecule has 1 saturated carbocycles. The van der Waals surface area contributed by atoms with Crippen LogP contribution < -0.4 is 15.4 Å². The van der Waals surface area contributed by atoms with Crippen LogP contribution in [0.5, 0.6) is 0 Å². The van der Waals surface area contributed by atoms with Crippen molar-refractivity contribution in [3.05, 3.63) is 59.4 Å². The maximum atomic E-state index is 12.6. The van der Waals surface area contributed by atoms with Gasteiger partial charge in [-0.1, -0.05) is 17.7 Å². The highest BCUT2D eigenvalue weighted by Crippen LogP contribution is 2.29. The Morgan fingerprint density at radius 3 is 2.45 bits per heavy atom. The van der Waals surface area contributed by atoms with Gasteiger partial charge in [0.05, 0.1) is 4.90 Å². The lowest BCUT2D eigenvalue weighted by Gasteiger charge is -2.28. The molecular weight excluding hydrogens is 464 g/mol. The van der Waals surface area contributed by atoms with Gasteiger partial charge in [0.25, 0.3) is 0 Å². The molecule has 0 spiro atoms. The molecule has 8 nitrogen and oxygen atoms in total. The monoisotopic (exact) mass is 492 g/mol. The number of rotatable bonds is 9. The molecule has 1 aliphatic carbocycles. The van der Waals surface area contributed by atoms with Crippen molar-refractivity contribution in [2.24, 2.45) is 11.8 Å². The summed E-state index contributed by atoms with van der Waals surface area (Å²) in [7, 11) is -3.59. The van der Waals surface area contributed by atoms with Gasteiger partial charge >= 0.3 is 0 Å². The van der Waals surface area contributed by atoms with Crippen molar-refractivity contribution in [1.82, 2.24) is 20.3 Å². The lowest BCUT2D eigenvalue weighted by atomic mass is 9.81. The van der Waals surface area contributed by atoms with E-state index in [0.717, 1.165) is 18.4 Å². The molecule has 1 aromatic carbocycles. The van der Waals surface area contributed by atoms with Crippen LogP contribution in [0.15, 0.2) is 53.7 Å². The van der Waals surface area contributed by atoms with Crippen LogP contribution in [0, 0.1) is 11.8 Å². The first kappa shape index (κ1) is 25.1. The molecule has 1 aliphatic rings. The van der Waals surface area contributed by atoms with Crippen LogP contribution >= 0.6 is 11.6 Å². The number of carbonyl (C=O) groups excluding carboxylic acids is 2. The summed E-state index contributed by atoms with van der Waals surface area (Å²) in [5, 5.41) is 6.07. The molecule has 2 aromatic rings. The molecule has 0 bridgehead atoms. The zero-order valence-electron chi connectivity index (χ0n) is 18.5. The molecule has 0 radical (unpaired) electrons. The van der Waals surface area contributed by atoms with Crippen molar-refractivity contribution in [3.63, 3.8) is 0 Å². The second-order valence-corrected chi connectivity index (χ2v) is 10.5. The quantitative estimate of drug-likeness (QED) is 0.497. The van der Waals surface area contributed by atoms with Crippen molar-refractivity contribution in [2.45, 2.75) is 50.1 Å². The summed E-state index contributed by atoms with van der Waals surface area (Å²) >= 11 is 5.82. The lowest BCUT2D eigenvalue weighted by molar-refractivity contribution is -0.131. The van der Waals surface area contributed by atoms with Crippen LogP contribution in [0.1, 0.15) is 38.2 Å². The van der Waals surface area contributed by atoms with E-state index >= 15 is 0 Å². The topological polar surface area (TPSA) is 117 Å². The van der Waals surface area contributed by atoms with E-state index in [0.29, 0.717) is 31.0 Å². The van der Waals surface area contributed by atoms with Gasteiger partial charge in [0.1, 0.15) is 6.04 Å². The highest BCUT2D eigenvalue weighted by Gasteiger charge is 2.29. The fraction of sp³-hybridized carbons (Fsp3) is 0.435. The molecular formula is C23H29ClN4O4S. The third kappa shape index (κ3) is 7.52. The third-order valence-corrected chi connectivity index (χ3v) is 7.54. The van der Waals surface area contributed by atoms with E-state index in [4.69, 9.17) is 11.6 Å². The van der Waals surface area contributed by atoms with Crippen molar-refractivity contribution in [1.29, 1.82) is 0 Å². The Hall–Kier alpha value is -2.49. The van der Waals surface area contributed by atoms with Gasteiger partial charge in [-0.3, -0.25) is 14.6 Å². The molecule has 0 saturated heterocycles. The van der Waals surface area contributed by atoms with E-state index in [1.807, 2.05) is 6.07 Å². The number of benzene rings is 1. The molecule has 0 aliphatic heterocycles. The van der Waals surface area contributed by atoms with Crippen molar-refractivity contribution in [2.75, 3.05) is 6.54 Å². The number of hydrogen-bond donors (Lipinski definition) is 3. The zero-order valence-corrected chi connectivity index (χ0v) is 20.0. The number of sulfonamides is 1. The first-order valence-corrected chi connectivity index (χ1v) is 12.8. The Kier molecular flexibility index (Phi) is 8.82. The smallest absolute Gasteiger partial charge is 0.242 e. The highest BCUT2D eigenvalue weighted by molar-refractivity contribution is 7.89. The standard InChI is InChI=1S/C23H29ClN4O4S/c1-16(22(29)26-14-18-3-2-12-25-13-18)28-23(30)19-6-4-17(5-7-19)15-27-33(31,32)21-10-8-20(24)9-11-21/h2-3,8-13,16-17,19,27H,4-7,14-15H2,1H3,(H,26,29)(H,28,30)/t16-,17?,19?/m0/s1. The minimum Gasteiger partial charge on any atom is -0.350 e. The maximum Gasteiger partial charge on any atom is 0.242 e. The molecule has 1 atom stereocenters. The van der Waals surface area contributed by atoms with Crippen LogP contribution in [0.25, 0.3) is 0 Å². The lowest BCUT2D eigenvalue weighted by Crippen LogP contribution is -2.47. The van der Waals surface area contributed by atoms with Gasteiger partial charge in [0.2, 0.25) is 21.8 Å². The van der Waals surface area contributed by atoms with Crippen LogP contribution in [0.2, 0.25) is 5.02 Å². The third-order valence-electron chi connectivity index (χ3n) is 5.85. The van der Waals surface area contributed by atoms with E-state index in [2.05, 4.69) is 20.3 Å². The van der Waals surface area contributed by atoms with E-state index in [9.17, 15) is 18.0 Å². The Bertz CT molecular complexity index is 1040. The summed E-state index contributed by atoms with van der Waals surface area (Å²) in [5.74, 6) is -0.407. The maximum absolute atomic E-state index is 12.6.